The lowest BCUT2D eigenvalue weighted by atomic mass is 10.1. The van der Waals surface area contributed by atoms with Gasteiger partial charge in [-0.2, -0.15) is 0 Å². The molecular formula is C17H18FNO4S. The lowest BCUT2D eigenvalue weighted by molar-refractivity contribution is 0.0468. The van der Waals surface area contributed by atoms with Gasteiger partial charge in [0.15, 0.2) is 0 Å². The average molecular weight is 351 g/mol. The van der Waals surface area contributed by atoms with E-state index in [1.54, 1.807) is 26.0 Å². The van der Waals surface area contributed by atoms with Crippen molar-refractivity contribution in [3.63, 3.8) is 0 Å². The summed E-state index contributed by atoms with van der Waals surface area (Å²) in [6.07, 6.45) is 0. The Morgan fingerprint density at radius 1 is 1.21 bits per heavy atom. The number of sulfonamides is 1. The van der Waals surface area contributed by atoms with E-state index in [9.17, 15) is 17.6 Å². The van der Waals surface area contributed by atoms with Crippen LogP contribution < -0.4 is 4.72 Å². The largest absolute Gasteiger partial charge is 0.457 e. The predicted octanol–water partition coefficient (Wildman–Crippen LogP) is 2.79. The van der Waals surface area contributed by atoms with E-state index in [2.05, 4.69) is 4.72 Å². The molecule has 7 heteroatoms. The molecule has 0 bridgehead atoms. The minimum absolute atomic E-state index is 0.0206. The van der Waals surface area contributed by atoms with Crippen LogP contribution in [0.15, 0.2) is 47.4 Å². The van der Waals surface area contributed by atoms with Gasteiger partial charge in [0.25, 0.3) is 0 Å². The van der Waals surface area contributed by atoms with Gasteiger partial charge in [-0.05, 0) is 30.7 Å². The average Bonchev–Trinajstić information content (AvgIpc) is 2.54. The molecule has 2 rings (SSSR count). The van der Waals surface area contributed by atoms with E-state index < -0.39 is 21.8 Å². The Labute approximate surface area is 140 Å². The van der Waals surface area contributed by atoms with Crippen molar-refractivity contribution in [2.75, 3.05) is 6.54 Å². The maximum absolute atomic E-state index is 13.5. The predicted molar refractivity (Wildman–Crippen MR) is 87.6 cm³/mol. The molecule has 0 aliphatic carbocycles. The van der Waals surface area contributed by atoms with Gasteiger partial charge in [0.05, 0.1) is 10.5 Å². The van der Waals surface area contributed by atoms with E-state index in [4.69, 9.17) is 4.74 Å². The van der Waals surface area contributed by atoms with Crippen LogP contribution in [-0.4, -0.2) is 20.9 Å². The fourth-order valence-corrected chi connectivity index (χ4v) is 3.16. The van der Waals surface area contributed by atoms with Gasteiger partial charge in [-0.3, -0.25) is 0 Å². The zero-order chi connectivity index (χ0) is 17.7. The molecule has 0 amide bonds. The number of nitrogens with one attached hydrogen (secondary N) is 1. The summed E-state index contributed by atoms with van der Waals surface area (Å²) in [7, 11) is -3.67. The topological polar surface area (TPSA) is 72.5 Å². The van der Waals surface area contributed by atoms with Gasteiger partial charge in [0, 0.05) is 12.1 Å². The van der Waals surface area contributed by atoms with Crippen LogP contribution in [0, 0.1) is 12.7 Å². The van der Waals surface area contributed by atoms with Crippen molar-refractivity contribution in [3.8, 4) is 0 Å². The van der Waals surface area contributed by atoms with Crippen molar-refractivity contribution in [1.29, 1.82) is 0 Å². The zero-order valence-corrected chi connectivity index (χ0v) is 14.2. The molecule has 0 radical (unpaired) electrons. The Bertz CT molecular complexity index is 849. The minimum Gasteiger partial charge on any atom is -0.457 e. The van der Waals surface area contributed by atoms with Gasteiger partial charge >= 0.3 is 5.97 Å². The fraction of sp³-hybridized carbons (Fsp3) is 0.235. The minimum atomic E-state index is -3.67. The maximum Gasteiger partial charge on any atom is 0.338 e. The lowest BCUT2D eigenvalue weighted by Gasteiger charge is -2.10. The molecule has 0 fully saturated rings. The Hall–Kier alpha value is -2.25. The van der Waals surface area contributed by atoms with Crippen LogP contribution in [0.3, 0.4) is 0 Å². The summed E-state index contributed by atoms with van der Waals surface area (Å²) in [4.78, 5) is 12.2. The third kappa shape index (κ3) is 4.18. The Balaban J connectivity index is 2.22. The zero-order valence-electron chi connectivity index (χ0n) is 13.4. The van der Waals surface area contributed by atoms with Crippen molar-refractivity contribution in [1.82, 2.24) is 4.72 Å². The molecule has 2 aromatic carbocycles. The second-order valence-electron chi connectivity index (χ2n) is 5.15. The Morgan fingerprint density at radius 2 is 1.92 bits per heavy atom. The van der Waals surface area contributed by atoms with Crippen LogP contribution in [-0.2, 0) is 21.4 Å². The third-order valence-electron chi connectivity index (χ3n) is 3.39. The molecule has 128 valence electrons. The van der Waals surface area contributed by atoms with Crippen molar-refractivity contribution in [2.24, 2.45) is 0 Å². The van der Waals surface area contributed by atoms with E-state index in [1.807, 2.05) is 0 Å². The summed E-state index contributed by atoms with van der Waals surface area (Å²) in [5.74, 6) is -1.17. The summed E-state index contributed by atoms with van der Waals surface area (Å²) in [5.41, 5.74) is 0.953. The molecule has 5 nitrogen and oxygen atoms in total. The number of rotatable bonds is 6. The van der Waals surface area contributed by atoms with E-state index in [0.29, 0.717) is 5.56 Å². The molecule has 0 aromatic heterocycles. The van der Waals surface area contributed by atoms with Crippen LogP contribution in [0.2, 0.25) is 0 Å². The van der Waals surface area contributed by atoms with E-state index in [0.717, 1.165) is 0 Å². The number of benzene rings is 2. The van der Waals surface area contributed by atoms with Gasteiger partial charge in [0.2, 0.25) is 10.0 Å². The maximum atomic E-state index is 13.5. The number of aryl methyl sites for hydroxylation is 1. The summed E-state index contributed by atoms with van der Waals surface area (Å²) in [6, 6.07) is 10.2. The third-order valence-corrected chi connectivity index (χ3v) is 4.93. The van der Waals surface area contributed by atoms with Gasteiger partial charge in [-0.15, -0.1) is 0 Å². The first kappa shape index (κ1) is 18.1. The highest BCUT2D eigenvalue weighted by Crippen LogP contribution is 2.18. The van der Waals surface area contributed by atoms with Crippen LogP contribution in [0.5, 0.6) is 0 Å². The number of esters is 1. The Morgan fingerprint density at radius 3 is 2.58 bits per heavy atom. The quantitative estimate of drug-likeness (QED) is 0.812. The van der Waals surface area contributed by atoms with Gasteiger partial charge in [-0.1, -0.05) is 31.2 Å². The van der Waals surface area contributed by atoms with Crippen LogP contribution in [0.4, 0.5) is 4.39 Å². The highest BCUT2D eigenvalue weighted by atomic mass is 32.2. The number of ether oxygens (including phenoxy) is 1. The molecular weight excluding hydrogens is 333 g/mol. The first-order valence-electron chi connectivity index (χ1n) is 7.36. The molecule has 0 atom stereocenters. The fourth-order valence-electron chi connectivity index (χ4n) is 2.10. The molecule has 2 aromatic rings. The molecule has 24 heavy (non-hydrogen) atoms. The molecule has 0 unspecified atom stereocenters. The first-order valence-corrected chi connectivity index (χ1v) is 8.84. The highest BCUT2D eigenvalue weighted by Gasteiger charge is 2.18. The number of carbonyl (C=O) groups excluding carboxylic acids is 1. The molecule has 0 spiro atoms. The summed E-state index contributed by atoms with van der Waals surface area (Å²) in [6.45, 7) is 3.34. The van der Waals surface area contributed by atoms with E-state index in [-0.39, 0.29) is 29.2 Å². The van der Waals surface area contributed by atoms with Gasteiger partial charge in [-0.25, -0.2) is 22.3 Å². The normalized spacial score (nSPS) is 11.3. The SMILES string of the molecule is CCNS(=O)(=O)c1ccc(C)c(C(=O)OCc2ccccc2F)c1. The Kier molecular flexibility index (Phi) is 5.69. The molecule has 0 aliphatic heterocycles. The summed E-state index contributed by atoms with van der Waals surface area (Å²) >= 11 is 0. The monoisotopic (exact) mass is 351 g/mol. The molecule has 0 aliphatic rings. The van der Waals surface area contributed by atoms with Crippen molar-refractivity contribution in [2.45, 2.75) is 25.3 Å². The standard InChI is InChI=1S/C17H18FNO4S/c1-3-19-24(21,22)14-9-8-12(2)15(10-14)17(20)23-11-13-6-4-5-7-16(13)18/h4-10,19H,3,11H2,1-2H3. The number of hydrogen-bond acceptors (Lipinski definition) is 4. The number of carbonyl (C=O) groups is 1. The summed E-state index contributed by atoms with van der Waals surface area (Å²) in [5, 5.41) is 0. The number of halogens is 1. The van der Waals surface area contributed by atoms with Gasteiger partial charge < -0.3 is 4.74 Å². The molecule has 0 saturated carbocycles. The van der Waals surface area contributed by atoms with E-state index >= 15 is 0 Å². The van der Waals surface area contributed by atoms with Crippen molar-refractivity contribution < 1.29 is 22.3 Å². The molecule has 0 saturated heterocycles. The first-order chi connectivity index (χ1) is 11.3. The number of hydrogen-bond donors (Lipinski definition) is 1. The smallest absolute Gasteiger partial charge is 0.338 e. The second-order valence-corrected chi connectivity index (χ2v) is 6.91. The van der Waals surface area contributed by atoms with Crippen molar-refractivity contribution in [3.05, 3.63) is 65.0 Å². The van der Waals surface area contributed by atoms with Crippen molar-refractivity contribution >= 4 is 16.0 Å². The summed E-state index contributed by atoms with van der Waals surface area (Å²) < 4.78 is 45.1. The van der Waals surface area contributed by atoms with Crippen LogP contribution in [0.1, 0.15) is 28.4 Å². The van der Waals surface area contributed by atoms with E-state index in [1.165, 1.54) is 30.3 Å². The molecule has 0 heterocycles. The lowest BCUT2D eigenvalue weighted by Crippen LogP contribution is -2.23. The highest BCUT2D eigenvalue weighted by molar-refractivity contribution is 7.89. The van der Waals surface area contributed by atoms with Crippen LogP contribution >= 0.6 is 0 Å². The van der Waals surface area contributed by atoms with Crippen LogP contribution in [0.25, 0.3) is 0 Å². The van der Waals surface area contributed by atoms with Gasteiger partial charge in [0.1, 0.15) is 12.4 Å². The molecule has 1 N–H and O–H groups in total. The second kappa shape index (κ2) is 7.55.